The highest BCUT2D eigenvalue weighted by Crippen LogP contribution is 2.38. The molecule has 1 aliphatic rings. The number of nitrogens with zero attached hydrogens (tertiary/aromatic N) is 3. The summed E-state index contributed by atoms with van der Waals surface area (Å²) in [7, 11) is 5.44. The van der Waals surface area contributed by atoms with E-state index in [0.29, 0.717) is 19.7 Å². The lowest BCUT2D eigenvalue weighted by molar-refractivity contribution is -0.138. The van der Waals surface area contributed by atoms with Gasteiger partial charge in [0.15, 0.2) is 5.96 Å². The summed E-state index contributed by atoms with van der Waals surface area (Å²) in [5.41, 5.74) is 0.838. The van der Waals surface area contributed by atoms with E-state index in [9.17, 15) is 4.79 Å². The van der Waals surface area contributed by atoms with Gasteiger partial charge in [-0.1, -0.05) is 38.8 Å². The Labute approximate surface area is 211 Å². The van der Waals surface area contributed by atoms with Crippen molar-refractivity contribution in [1.82, 2.24) is 20.4 Å². The van der Waals surface area contributed by atoms with Gasteiger partial charge < -0.3 is 25.2 Å². The summed E-state index contributed by atoms with van der Waals surface area (Å²) in [6.45, 7) is 9.34. The van der Waals surface area contributed by atoms with Gasteiger partial charge in [-0.05, 0) is 43.6 Å². The van der Waals surface area contributed by atoms with Crippen LogP contribution in [0.4, 0.5) is 0 Å². The third-order valence-corrected chi connectivity index (χ3v) is 6.19. The van der Waals surface area contributed by atoms with Crippen LogP contribution in [0.5, 0.6) is 5.75 Å². The van der Waals surface area contributed by atoms with E-state index in [4.69, 9.17) is 4.74 Å². The van der Waals surface area contributed by atoms with Crippen LogP contribution >= 0.6 is 24.0 Å². The first-order valence-electron chi connectivity index (χ1n) is 11.5. The van der Waals surface area contributed by atoms with E-state index in [-0.39, 0.29) is 35.3 Å². The molecule has 1 aromatic carbocycles. The lowest BCUT2D eigenvalue weighted by Crippen LogP contribution is -2.49. The molecule has 1 fully saturated rings. The summed E-state index contributed by atoms with van der Waals surface area (Å²) in [5.74, 6) is 1.82. The molecule has 0 spiro atoms. The number of benzene rings is 1. The SMILES string of the molecule is CCN(CC)CCOc1ccc(CNC(=NC)NCC2(C(=O)N(C)C)CCCC2)cc1.I. The maximum Gasteiger partial charge on any atom is 0.230 e. The molecule has 8 heteroatoms. The molecule has 1 aliphatic carbocycles. The molecule has 1 saturated carbocycles. The van der Waals surface area contributed by atoms with Gasteiger partial charge in [0.1, 0.15) is 12.4 Å². The Hall–Kier alpha value is -1.55. The second-order valence-electron chi connectivity index (χ2n) is 8.49. The predicted molar refractivity (Wildman–Crippen MR) is 143 cm³/mol. The fraction of sp³-hybridized carbons (Fsp3) is 0.667. The zero-order valence-electron chi connectivity index (χ0n) is 20.4. The summed E-state index contributed by atoms with van der Waals surface area (Å²) >= 11 is 0. The van der Waals surface area contributed by atoms with Gasteiger partial charge in [0.2, 0.25) is 5.91 Å². The number of ether oxygens (including phenoxy) is 1. The lowest BCUT2D eigenvalue weighted by atomic mass is 9.84. The number of hydrogen-bond donors (Lipinski definition) is 2. The fourth-order valence-corrected chi connectivity index (χ4v) is 4.19. The first-order chi connectivity index (χ1) is 14.9. The predicted octanol–water partition coefficient (Wildman–Crippen LogP) is 3.34. The Kier molecular flexibility index (Phi) is 13.0. The Morgan fingerprint density at radius 1 is 1.09 bits per heavy atom. The van der Waals surface area contributed by atoms with Crippen LogP contribution in [-0.4, -0.2) is 75.6 Å². The minimum absolute atomic E-state index is 0. The van der Waals surface area contributed by atoms with Crippen molar-refractivity contribution in [3.63, 3.8) is 0 Å². The van der Waals surface area contributed by atoms with Crippen molar-refractivity contribution in [2.24, 2.45) is 10.4 Å². The van der Waals surface area contributed by atoms with E-state index in [2.05, 4.69) is 46.5 Å². The van der Waals surface area contributed by atoms with Crippen LogP contribution < -0.4 is 15.4 Å². The first-order valence-corrected chi connectivity index (χ1v) is 11.5. The van der Waals surface area contributed by atoms with E-state index in [1.165, 1.54) is 0 Å². The van der Waals surface area contributed by atoms with Gasteiger partial charge in [0.25, 0.3) is 0 Å². The number of nitrogens with one attached hydrogen (secondary N) is 2. The summed E-state index contributed by atoms with van der Waals surface area (Å²) in [5, 5.41) is 6.74. The second-order valence-corrected chi connectivity index (χ2v) is 8.49. The molecule has 0 saturated heterocycles. The molecule has 1 aromatic rings. The molecule has 0 aromatic heterocycles. The largest absolute Gasteiger partial charge is 0.492 e. The van der Waals surface area contributed by atoms with E-state index in [0.717, 1.165) is 62.6 Å². The number of aliphatic imine (C=N–C) groups is 1. The number of guanidine groups is 1. The molecule has 0 radical (unpaired) electrons. The zero-order valence-corrected chi connectivity index (χ0v) is 22.8. The topological polar surface area (TPSA) is 69.2 Å². The highest BCUT2D eigenvalue weighted by atomic mass is 127. The van der Waals surface area contributed by atoms with Crippen LogP contribution in [-0.2, 0) is 11.3 Å². The van der Waals surface area contributed by atoms with Gasteiger partial charge >= 0.3 is 0 Å². The average Bonchev–Trinajstić information content (AvgIpc) is 3.27. The minimum Gasteiger partial charge on any atom is -0.492 e. The molecule has 1 amide bonds. The molecule has 0 unspecified atom stereocenters. The summed E-state index contributed by atoms with van der Waals surface area (Å²) < 4.78 is 5.86. The van der Waals surface area contributed by atoms with Crippen molar-refractivity contribution >= 4 is 35.8 Å². The highest BCUT2D eigenvalue weighted by Gasteiger charge is 2.42. The Balaban J connectivity index is 0.00000512. The molecule has 7 nitrogen and oxygen atoms in total. The summed E-state index contributed by atoms with van der Waals surface area (Å²) in [6, 6.07) is 8.17. The van der Waals surface area contributed by atoms with Crippen LogP contribution in [0.15, 0.2) is 29.3 Å². The molecule has 2 rings (SSSR count). The van der Waals surface area contributed by atoms with Crippen LogP contribution in [0.1, 0.15) is 45.1 Å². The number of likely N-dealkylation sites (N-methyl/N-ethyl adjacent to an activating group) is 1. The maximum absolute atomic E-state index is 12.7. The molecule has 0 aliphatic heterocycles. The van der Waals surface area contributed by atoms with E-state index < -0.39 is 0 Å². The van der Waals surface area contributed by atoms with Crippen molar-refractivity contribution in [3.05, 3.63) is 29.8 Å². The normalized spacial score (nSPS) is 15.2. The third-order valence-electron chi connectivity index (χ3n) is 6.19. The highest BCUT2D eigenvalue weighted by molar-refractivity contribution is 14.0. The number of rotatable bonds is 11. The van der Waals surface area contributed by atoms with Crippen LogP contribution in [0.25, 0.3) is 0 Å². The van der Waals surface area contributed by atoms with Crippen LogP contribution in [0, 0.1) is 5.41 Å². The van der Waals surface area contributed by atoms with Gasteiger partial charge in [-0.15, -0.1) is 24.0 Å². The van der Waals surface area contributed by atoms with Crippen molar-refractivity contribution in [2.75, 3.05) is 53.9 Å². The van der Waals surface area contributed by atoms with Gasteiger partial charge in [0.05, 0.1) is 5.41 Å². The second kappa shape index (κ2) is 14.6. The number of carbonyl (C=O) groups excluding carboxylic acids is 1. The Morgan fingerprint density at radius 3 is 2.25 bits per heavy atom. The van der Waals surface area contributed by atoms with Crippen LogP contribution in [0.3, 0.4) is 0 Å². The lowest BCUT2D eigenvalue weighted by Gasteiger charge is -2.31. The van der Waals surface area contributed by atoms with Gasteiger partial charge in [0, 0.05) is 40.8 Å². The molecule has 32 heavy (non-hydrogen) atoms. The maximum atomic E-state index is 12.7. The number of amides is 1. The standard InChI is InChI=1S/C24H41N5O2.HI/c1-6-29(7-2)16-17-31-21-12-10-20(11-13-21)18-26-23(25-3)27-19-24(14-8-9-15-24)22(30)28(4)5;/h10-13H,6-9,14-19H2,1-5H3,(H2,25,26,27);1H. The van der Waals surface area contributed by atoms with Gasteiger partial charge in [-0.2, -0.15) is 0 Å². The van der Waals surface area contributed by atoms with Crippen molar-refractivity contribution in [2.45, 2.75) is 46.1 Å². The molecule has 0 atom stereocenters. The van der Waals surface area contributed by atoms with Crippen molar-refractivity contribution < 1.29 is 9.53 Å². The molecule has 0 heterocycles. The number of hydrogen-bond acceptors (Lipinski definition) is 4. The summed E-state index contributed by atoms with van der Waals surface area (Å²) in [4.78, 5) is 21.1. The molecular formula is C24H42IN5O2. The quantitative estimate of drug-likeness (QED) is 0.247. The Bertz CT molecular complexity index is 699. The number of carbonyl (C=O) groups is 1. The Morgan fingerprint density at radius 2 is 1.72 bits per heavy atom. The molecule has 2 N–H and O–H groups in total. The van der Waals surface area contributed by atoms with E-state index >= 15 is 0 Å². The average molecular weight is 560 g/mol. The molecule has 182 valence electrons. The van der Waals surface area contributed by atoms with Gasteiger partial charge in [-0.25, -0.2) is 0 Å². The van der Waals surface area contributed by atoms with Crippen LogP contribution in [0.2, 0.25) is 0 Å². The summed E-state index contributed by atoms with van der Waals surface area (Å²) in [6.07, 6.45) is 4.08. The van der Waals surface area contributed by atoms with Crippen molar-refractivity contribution in [3.8, 4) is 5.75 Å². The zero-order chi connectivity index (χ0) is 22.7. The van der Waals surface area contributed by atoms with E-state index in [1.54, 1.807) is 11.9 Å². The minimum atomic E-state index is -0.314. The first kappa shape index (κ1) is 28.5. The smallest absolute Gasteiger partial charge is 0.230 e. The third kappa shape index (κ3) is 8.42. The fourth-order valence-electron chi connectivity index (χ4n) is 4.19. The van der Waals surface area contributed by atoms with E-state index in [1.807, 2.05) is 26.2 Å². The number of halogens is 1. The molecule has 0 bridgehead atoms. The molecular weight excluding hydrogens is 517 g/mol. The van der Waals surface area contributed by atoms with Crippen molar-refractivity contribution in [1.29, 1.82) is 0 Å². The monoisotopic (exact) mass is 559 g/mol. The van der Waals surface area contributed by atoms with Gasteiger partial charge in [-0.3, -0.25) is 9.79 Å².